The largest absolute Gasteiger partial charge is 0.394 e. The summed E-state index contributed by atoms with van der Waals surface area (Å²) >= 11 is 0. The number of aliphatic hydroxyl groups excluding tert-OH is 11. The van der Waals surface area contributed by atoms with Crippen LogP contribution in [0.2, 0.25) is 0 Å². The van der Waals surface area contributed by atoms with Crippen LogP contribution in [0.3, 0.4) is 0 Å². The third kappa shape index (κ3) is 51.5. The highest BCUT2D eigenvalue weighted by Gasteiger charge is 2.54. The first kappa shape index (κ1) is 105. The van der Waals surface area contributed by atoms with Gasteiger partial charge in [0, 0.05) is 6.42 Å². The lowest BCUT2D eigenvalue weighted by Crippen LogP contribution is -2.66. The van der Waals surface area contributed by atoms with Gasteiger partial charge in [0.15, 0.2) is 18.9 Å². The number of aliphatic hydroxyl groups is 11. The van der Waals surface area contributed by atoms with Crippen molar-refractivity contribution < 1.29 is 89.4 Å². The van der Waals surface area contributed by atoms with E-state index < -0.39 is 131 Å². The van der Waals surface area contributed by atoms with E-state index in [2.05, 4.69) is 189 Å². The number of hydrogen-bond donors (Lipinski definition) is 12. The molecule has 0 aliphatic carbocycles. The molecule has 3 aliphatic heterocycles. The average Bonchev–Trinajstić information content (AvgIpc) is 0.779. The Kier molecular flexibility index (Phi) is 66.8. The fourth-order valence-corrected chi connectivity index (χ4v) is 13.8. The number of unbranched alkanes of at least 4 members (excludes halogenated alkanes) is 26. The Balaban J connectivity index is 1.38. The molecule has 17 atom stereocenters. The van der Waals surface area contributed by atoms with Crippen molar-refractivity contribution in [1.29, 1.82) is 0 Å². The predicted octanol–water partition coefficient (Wildman–Crippen LogP) is 17.5. The van der Waals surface area contributed by atoms with E-state index in [4.69, 9.17) is 28.4 Å². The fraction of sp³-hybridized carbons (Fsp3) is 0.680. The van der Waals surface area contributed by atoms with E-state index in [0.717, 1.165) is 116 Å². The van der Waals surface area contributed by atoms with Gasteiger partial charge in [-0.05, 0) is 135 Å². The van der Waals surface area contributed by atoms with E-state index in [-0.39, 0.29) is 12.3 Å². The van der Waals surface area contributed by atoms with Crippen molar-refractivity contribution in [3.05, 3.63) is 182 Å². The molecule has 0 aromatic rings. The number of rotatable bonds is 70. The van der Waals surface area contributed by atoms with Crippen LogP contribution in [-0.4, -0.2) is 193 Å². The molecule has 19 heteroatoms. The summed E-state index contributed by atoms with van der Waals surface area (Å²) in [7, 11) is 0. The summed E-state index contributed by atoms with van der Waals surface area (Å²) in [4.78, 5) is 13.5. The highest BCUT2D eigenvalue weighted by Crippen LogP contribution is 2.33. The Morgan fingerprint density at radius 2 is 0.603 bits per heavy atom. The van der Waals surface area contributed by atoms with Crippen molar-refractivity contribution in [3.8, 4) is 0 Å². The number of carbonyl (C=O) groups excluding carboxylic acids is 1. The van der Waals surface area contributed by atoms with Crippen LogP contribution in [0, 0.1) is 0 Å². The Morgan fingerprint density at radius 1 is 0.319 bits per heavy atom. The summed E-state index contributed by atoms with van der Waals surface area (Å²) in [6.45, 7) is 1.57. The standard InChI is InChI=1S/C97H159NO18/c1-3-5-7-9-11-13-15-17-19-21-23-25-27-29-31-33-35-37-38-39-40-41-42-43-45-47-49-51-53-55-57-59-61-63-65-67-69-71-73-75-85(103)98-80(81(102)74-72-70-68-66-64-62-60-58-56-54-52-50-48-46-44-36-34-32-30-28-26-24-22-20-18-16-14-12-10-8-6-4-2)79-111-95-91(109)88(106)93(83(77-100)113-95)116-97-92(110)89(107)94(84(78-101)114-97)115-96-90(108)87(105)86(104)82(76-99)112-96/h5,7,11,13,17,19,23,25,29,31,35,37,39-40,42-43,47,49,53,55-56,58-59,61,64-67,72,74,80-84,86-97,99-102,104-110H,3-4,6,8-10,12,14-16,18,20-22,24,26-28,30,32-34,36,38,41,44-46,48,50-52,54,57,60,62-63,68-71,73,75-79H2,1-2H3,(H,98,103)/b7-5-,13-11-,19-17-,25-23-,31-29-,37-35-,40-39-,43-42-,49-47-,55-53-,58-56+,61-59-,66-64+,67-65-,74-72+. The summed E-state index contributed by atoms with van der Waals surface area (Å²) in [6, 6.07) is -1.04. The van der Waals surface area contributed by atoms with Crippen LogP contribution in [0.25, 0.3) is 0 Å². The number of hydrogen-bond acceptors (Lipinski definition) is 18. The Labute approximate surface area is 700 Å². The van der Waals surface area contributed by atoms with Gasteiger partial charge in [-0.2, -0.15) is 0 Å². The van der Waals surface area contributed by atoms with Gasteiger partial charge in [-0.1, -0.05) is 331 Å². The molecular formula is C97H159NO18. The molecule has 3 heterocycles. The molecule has 17 unspecified atom stereocenters. The molecule has 3 rings (SSSR count). The van der Waals surface area contributed by atoms with Gasteiger partial charge < -0.3 is 89.9 Å². The second-order valence-corrected chi connectivity index (χ2v) is 31.0. The summed E-state index contributed by atoms with van der Waals surface area (Å²) in [5.74, 6) is -0.337. The first-order valence-corrected chi connectivity index (χ1v) is 45.0. The third-order valence-corrected chi connectivity index (χ3v) is 20.9. The number of allylic oxidation sites excluding steroid dienone is 29. The van der Waals surface area contributed by atoms with Crippen molar-refractivity contribution >= 4 is 5.91 Å². The number of nitrogens with one attached hydrogen (secondary N) is 1. The molecule has 0 aromatic heterocycles. The van der Waals surface area contributed by atoms with Crippen molar-refractivity contribution in [1.82, 2.24) is 5.32 Å². The van der Waals surface area contributed by atoms with Crippen LogP contribution in [0.4, 0.5) is 0 Å². The van der Waals surface area contributed by atoms with Crippen molar-refractivity contribution in [3.63, 3.8) is 0 Å². The lowest BCUT2D eigenvalue weighted by Gasteiger charge is -2.48. The minimum absolute atomic E-state index is 0.164. The van der Waals surface area contributed by atoms with Crippen LogP contribution in [0.15, 0.2) is 182 Å². The molecule has 0 saturated carbocycles. The van der Waals surface area contributed by atoms with Gasteiger partial charge in [-0.15, -0.1) is 0 Å². The van der Waals surface area contributed by atoms with Gasteiger partial charge in [0.2, 0.25) is 5.91 Å². The normalized spacial score (nSPS) is 25.4. The van der Waals surface area contributed by atoms with Gasteiger partial charge in [0.05, 0.1) is 38.6 Å². The van der Waals surface area contributed by atoms with Crippen LogP contribution in [-0.2, 0) is 33.2 Å². The predicted molar refractivity (Wildman–Crippen MR) is 470 cm³/mol. The lowest BCUT2D eigenvalue weighted by molar-refractivity contribution is -0.379. The summed E-state index contributed by atoms with van der Waals surface area (Å²) in [5, 5.41) is 121. The second kappa shape index (κ2) is 73.8. The molecule has 660 valence electrons. The molecule has 3 saturated heterocycles. The average molecular weight is 1630 g/mol. The fourth-order valence-electron chi connectivity index (χ4n) is 13.8. The maximum atomic E-state index is 13.5. The van der Waals surface area contributed by atoms with E-state index >= 15 is 0 Å². The van der Waals surface area contributed by atoms with Crippen LogP contribution >= 0.6 is 0 Å². The smallest absolute Gasteiger partial charge is 0.220 e. The lowest BCUT2D eigenvalue weighted by atomic mass is 9.96. The van der Waals surface area contributed by atoms with Crippen LogP contribution < -0.4 is 5.32 Å². The molecule has 1 amide bonds. The topological polar surface area (TPSA) is 307 Å². The van der Waals surface area contributed by atoms with E-state index in [1.165, 1.54) is 141 Å². The zero-order valence-electron chi connectivity index (χ0n) is 71.1. The van der Waals surface area contributed by atoms with E-state index in [0.29, 0.717) is 12.8 Å². The Morgan fingerprint density at radius 3 is 0.966 bits per heavy atom. The SMILES string of the molecule is CC/C=C\C/C=C\C/C=C\C/C=C\C/C=C\C/C=C\C/C=C\C/C=C\C/C=C\C/C=C\C/C=C\C/C=C\CCCCC(=O)NC(COC1OC(CO)C(OC2OC(CO)C(OC3OC(CO)C(O)C(O)C3O)C(O)C2O)C(O)C1O)C(O)/C=C/CC/C=C/CC/C=C/CCCCCCCCCCCCCCCCCCCCCCCC. The molecule has 19 nitrogen and oxygen atoms in total. The van der Waals surface area contributed by atoms with Gasteiger partial charge in [0.25, 0.3) is 0 Å². The number of carbonyl (C=O) groups is 1. The van der Waals surface area contributed by atoms with Gasteiger partial charge in [-0.25, -0.2) is 0 Å². The maximum Gasteiger partial charge on any atom is 0.220 e. The molecule has 0 aromatic carbocycles. The van der Waals surface area contributed by atoms with E-state index in [1.54, 1.807) is 6.08 Å². The van der Waals surface area contributed by atoms with Gasteiger partial charge in [-0.3, -0.25) is 4.79 Å². The molecule has 0 bridgehead atoms. The molecule has 3 fully saturated rings. The maximum absolute atomic E-state index is 13.5. The molecule has 12 N–H and O–H groups in total. The summed E-state index contributed by atoms with van der Waals surface area (Å²) in [5.41, 5.74) is 0. The van der Waals surface area contributed by atoms with Crippen LogP contribution in [0.1, 0.15) is 290 Å². The molecule has 116 heavy (non-hydrogen) atoms. The third-order valence-electron chi connectivity index (χ3n) is 20.9. The molecule has 0 radical (unpaired) electrons. The highest BCUT2D eigenvalue weighted by molar-refractivity contribution is 5.76. The van der Waals surface area contributed by atoms with Gasteiger partial charge in [0.1, 0.15) is 73.2 Å². The molecular weight excluding hydrogens is 1470 g/mol. The zero-order chi connectivity index (χ0) is 83.8. The number of amides is 1. The summed E-state index contributed by atoms with van der Waals surface area (Å²) in [6.07, 6.45) is 86.1. The second-order valence-electron chi connectivity index (χ2n) is 31.0. The molecule has 0 spiro atoms. The first-order valence-electron chi connectivity index (χ1n) is 45.0. The Bertz CT molecular complexity index is 2810. The van der Waals surface area contributed by atoms with Crippen molar-refractivity contribution in [2.75, 3.05) is 26.4 Å². The molecule has 3 aliphatic rings. The minimum atomic E-state index is -2.00. The van der Waals surface area contributed by atoms with Gasteiger partial charge >= 0.3 is 0 Å². The minimum Gasteiger partial charge on any atom is -0.394 e. The quantitative estimate of drug-likeness (QED) is 0.0199. The number of ether oxygens (including phenoxy) is 6. The first-order chi connectivity index (χ1) is 56.8. The van der Waals surface area contributed by atoms with Crippen molar-refractivity contribution in [2.24, 2.45) is 0 Å². The van der Waals surface area contributed by atoms with Crippen molar-refractivity contribution in [2.45, 2.75) is 394 Å². The van der Waals surface area contributed by atoms with E-state index in [9.17, 15) is 61.0 Å². The monoisotopic (exact) mass is 1630 g/mol. The summed E-state index contributed by atoms with van der Waals surface area (Å²) < 4.78 is 34.4. The zero-order valence-corrected chi connectivity index (χ0v) is 71.1. The van der Waals surface area contributed by atoms with Crippen LogP contribution in [0.5, 0.6) is 0 Å². The Hall–Kier alpha value is -5.11. The highest BCUT2D eigenvalue weighted by atomic mass is 16.8. The van der Waals surface area contributed by atoms with E-state index in [1.807, 2.05) is 6.08 Å².